The fourth-order valence-electron chi connectivity index (χ4n) is 3.14. The number of imidazole rings is 1. The van der Waals surface area contributed by atoms with Crippen molar-refractivity contribution in [2.24, 2.45) is 13.0 Å². The van der Waals surface area contributed by atoms with Gasteiger partial charge in [0.25, 0.3) is 5.56 Å². The number of hydrogen-bond donors (Lipinski definition) is 1. The molecule has 0 saturated carbocycles. The highest BCUT2D eigenvalue weighted by atomic mass is 16.2. The van der Waals surface area contributed by atoms with E-state index in [0.29, 0.717) is 24.7 Å². The van der Waals surface area contributed by atoms with Crippen molar-refractivity contribution in [3.05, 3.63) is 46.9 Å². The van der Waals surface area contributed by atoms with Crippen LogP contribution in [0.4, 0.5) is 10.5 Å². The molecule has 1 aliphatic rings. The summed E-state index contributed by atoms with van der Waals surface area (Å²) in [5.41, 5.74) is 0.922. The molecule has 2 aromatic rings. The minimum Gasteiger partial charge on any atom is -0.332 e. The van der Waals surface area contributed by atoms with Crippen LogP contribution in [0.15, 0.2) is 35.8 Å². The van der Waals surface area contributed by atoms with E-state index in [4.69, 9.17) is 0 Å². The van der Waals surface area contributed by atoms with Crippen LogP contribution in [0.1, 0.15) is 24.9 Å². The zero-order chi connectivity index (χ0) is 17.3. The molecule has 0 radical (unpaired) electrons. The van der Waals surface area contributed by atoms with Gasteiger partial charge in [-0.2, -0.15) is 0 Å². The lowest BCUT2D eigenvalue weighted by molar-refractivity contribution is 0.149. The van der Waals surface area contributed by atoms with Gasteiger partial charge in [-0.15, -0.1) is 0 Å². The molecule has 1 saturated heterocycles. The number of nitrogens with one attached hydrogen (secondary N) is 1. The zero-order valence-electron chi connectivity index (χ0n) is 14.3. The van der Waals surface area contributed by atoms with Crippen molar-refractivity contribution in [3.63, 3.8) is 0 Å². The Morgan fingerprint density at radius 2 is 2.17 bits per heavy atom. The van der Waals surface area contributed by atoms with E-state index < -0.39 is 0 Å². The van der Waals surface area contributed by atoms with E-state index in [1.54, 1.807) is 30.7 Å². The number of urea groups is 1. The number of likely N-dealkylation sites (tertiary alicyclic amines) is 1. The molecule has 0 spiro atoms. The Balaban J connectivity index is 1.76. The summed E-state index contributed by atoms with van der Waals surface area (Å²) in [5.74, 6) is 0.467. The van der Waals surface area contributed by atoms with Crippen molar-refractivity contribution in [2.45, 2.75) is 26.3 Å². The average Bonchev–Trinajstić information content (AvgIpc) is 3.09. The van der Waals surface area contributed by atoms with Gasteiger partial charge in [-0.1, -0.05) is 6.92 Å². The van der Waals surface area contributed by atoms with Crippen molar-refractivity contribution < 1.29 is 4.79 Å². The Morgan fingerprint density at radius 3 is 2.88 bits per heavy atom. The van der Waals surface area contributed by atoms with E-state index in [9.17, 15) is 9.59 Å². The van der Waals surface area contributed by atoms with Crippen molar-refractivity contribution >= 4 is 11.7 Å². The zero-order valence-corrected chi connectivity index (χ0v) is 14.3. The molecule has 1 N–H and O–H groups in total. The maximum atomic E-state index is 12.6. The van der Waals surface area contributed by atoms with Crippen LogP contribution in [0.2, 0.25) is 0 Å². The van der Waals surface area contributed by atoms with Crippen molar-refractivity contribution in [1.29, 1.82) is 0 Å². The number of aryl methyl sites for hydroxylation is 2. The first-order valence-electron chi connectivity index (χ1n) is 8.17. The molecule has 2 amide bonds. The van der Waals surface area contributed by atoms with Crippen LogP contribution in [0, 0.1) is 12.8 Å². The van der Waals surface area contributed by atoms with E-state index in [-0.39, 0.29) is 17.6 Å². The summed E-state index contributed by atoms with van der Waals surface area (Å²) < 4.78 is 3.52. The van der Waals surface area contributed by atoms with Gasteiger partial charge in [0.15, 0.2) is 0 Å². The molecule has 3 heterocycles. The molecule has 128 valence electrons. The van der Waals surface area contributed by atoms with Gasteiger partial charge >= 0.3 is 6.03 Å². The molecular weight excluding hydrogens is 306 g/mol. The Kier molecular flexibility index (Phi) is 4.42. The second-order valence-corrected chi connectivity index (χ2v) is 6.51. The number of amides is 2. The topological polar surface area (TPSA) is 72.2 Å². The van der Waals surface area contributed by atoms with E-state index in [1.165, 1.54) is 4.57 Å². The fourth-order valence-corrected chi connectivity index (χ4v) is 3.14. The minimum absolute atomic E-state index is 0.195. The smallest absolute Gasteiger partial charge is 0.322 e. The largest absolute Gasteiger partial charge is 0.332 e. The predicted molar refractivity (Wildman–Crippen MR) is 92.1 cm³/mol. The molecule has 7 nitrogen and oxygen atoms in total. The number of carbonyl (C=O) groups is 1. The van der Waals surface area contributed by atoms with Gasteiger partial charge < -0.3 is 19.4 Å². The molecule has 2 aromatic heterocycles. The first-order chi connectivity index (χ1) is 11.5. The third-order valence-corrected chi connectivity index (χ3v) is 4.82. The summed E-state index contributed by atoms with van der Waals surface area (Å²) >= 11 is 0. The summed E-state index contributed by atoms with van der Waals surface area (Å²) in [6.07, 6.45) is 8.09. The van der Waals surface area contributed by atoms with Gasteiger partial charge in [-0.05, 0) is 30.9 Å². The Bertz CT molecular complexity index is 781. The predicted octanol–water partition coefficient (Wildman–Crippen LogP) is 2.01. The number of pyridine rings is 1. The maximum Gasteiger partial charge on any atom is 0.322 e. The van der Waals surface area contributed by atoms with Gasteiger partial charge in [0.05, 0.1) is 12.4 Å². The van der Waals surface area contributed by atoms with Gasteiger partial charge in [0.1, 0.15) is 5.69 Å². The standard InChI is InChI=1S/C17H23N5O2/c1-12-5-8-21(10-14(12)22-9-6-18-11-22)17(24)19-15-13(2)4-7-20(3)16(15)23/h4,6-7,9,11-12,14H,5,8,10H2,1-3H3,(H,19,24)/t12-,14+/m1/s1. The minimum atomic E-state index is -0.224. The Hall–Kier alpha value is -2.57. The summed E-state index contributed by atoms with van der Waals surface area (Å²) in [7, 11) is 1.68. The molecule has 3 rings (SSSR count). The third kappa shape index (κ3) is 3.06. The number of hydrogen-bond acceptors (Lipinski definition) is 3. The molecule has 1 fully saturated rings. The van der Waals surface area contributed by atoms with Gasteiger partial charge in [0.2, 0.25) is 0 Å². The first-order valence-corrected chi connectivity index (χ1v) is 8.17. The monoisotopic (exact) mass is 329 g/mol. The first kappa shape index (κ1) is 16.3. The average molecular weight is 329 g/mol. The molecule has 0 bridgehead atoms. The summed E-state index contributed by atoms with van der Waals surface area (Å²) in [6, 6.07) is 1.80. The molecule has 0 unspecified atom stereocenters. The number of anilines is 1. The molecule has 2 atom stereocenters. The van der Waals surface area contributed by atoms with Crippen molar-refractivity contribution in [1.82, 2.24) is 19.0 Å². The van der Waals surface area contributed by atoms with Crippen LogP contribution in [0.25, 0.3) is 0 Å². The number of rotatable bonds is 2. The van der Waals surface area contributed by atoms with Crippen LogP contribution in [-0.4, -0.2) is 38.1 Å². The molecule has 0 aliphatic carbocycles. The van der Waals surface area contributed by atoms with E-state index in [1.807, 2.05) is 19.2 Å². The van der Waals surface area contributed by atoms with Crippen LogP contribution in [-0.2, 0) is 7.05 Å². The van der Waals surface area contributed by atoms with Crippen LogP contribution >= 0.6 is 0 Å². The second kappa shape index (κ2) is 6.51. The number of aromatic nitrogens is 3. The summed E-state index contributed by atoms with van der Waals surface area (Å²) in [4.78, 5) is 30.8. The van der Waals surface area contributed by atoms with Gasteiger partial charge in [-0.3, -0.25) is 4.79 Å². The number of carbonyl (C=O) groups excluding carboxylic acids is 1. The lowest BCUT2D eigenvalue weighted by Crippen LogP contribution is -2.46. The lowest BCUT2D eigenvalue weighted by atomic mass is 9.93. The SMILES string of the molecule is Cc1ccn(C)c(=O)c1NC(=O)N1CC[C@@H](C)[C@@H](n2ccnc2)C1. The second-order valence-electron chi connectivity index (χ2n) is 6.51. The number of nitrogens with zero attached hydrogens (tertiary/aromatic N) is 4. The Morgan fingerprint density at radius 1 is 1.38 bits per heavy atom. The normalized spacial score (nSPS) is 20.9. The van der Waals surface area contributed by atoms with Crippen LogP contribution in [0.5, 0.6) is 0 Å². The molecule has 7 heteroatoms. The highest BCUT2D eigenvalue weighted by Crippen LogP contribution is 2.27. The summed E-state index contributed by atoms with van der Waals surface area (Å²) in [6.45, 7) is 5.31. The van der Waals surface area contributed by atoms with Crippen molar-refractivity contribution in [3.8, 4) is 0 Å². The molecule has 0 aromatic carbocycles. The highest BCUT2D eigenvalue weighted by Gasteiger charge is 2.30. The molecular formula is C17H23N5O2. The highest BCUT2D eigenvalue weighted by molar-refractivity contribution is 5.90. The van der Waals surface area contributed by atoms with E-state index in [2.05, 4.69) is 21.8 Å². The van der Waals surface area contributed by atoms with E-state index in [0.717, 1.165) is 12.0 Å². The van der Waals surface area contributed by atoms with Crippen molar-refractivity contribution in [2.75, 3.05) is 18.4 Å². The summed E-state index contributed by atoms with van der Waals surface area (Å²) in [5, 5.41) is 2.80. The van der Waals surface area contributed by atoms with Crippen LogP contribution < -0.4 is 10.9 Å². The van der Waals surface area contributed by atoms with Crippen LogP contribution in [0.3, 0.4) is 0 Å². The van der Waals surface area contributed by atoms with Gasteiger partial charge in [-0.25, -0.2) is 9.78 Å². The maximum absolute atomic E-state index is 12.6. The lowest BCUT2D eigenvalue weighted by Gasteiger charge is -2.37. The fraction of sp³-hybridized carbons (Fsp3) is 0.471. The third-order valence-electron chi connectivity index (χ3n) is 4.82. The number of piperidine rings is 1. The quantitative estimate of drug-likeness (QED) is 0.916. The Labute approximate surface area is 140 Å². The van der Waals surface area contributed by atoms with E-state index >= 15 is 0 Å². The van der Waals surface area contributed by atoms with Gasteiger partial charge in [0, 0.05) is 38.7 Å². The molecule has 24 heavy (non-hydrogen) atoms. The molecule has 1 aliphatic heterocycles.